The molecule has 2 aromatic rings. The molecule has 2 aromatic heterocycles. The van der Waals surface area contributed by atoms with Gasteiger partial charge in [0.05, 0.1) is 30.3 Å². The van der Waals surface area contributed by atoms with E-state index in [4.69, 9.17) is 5.73 Å². The second-order valence-electron chi connectivity index (χ2n) is 3.89. The maximum absolute atomic E-state index is 5.48. The molecule has 2 heterocycles. The minimum atomic E-state index is 0.438. The lowest BCUT2D eigenvalue weighted by Gasteiger charge is -2.03. The molecule has 0 aliphatic carbocycles. The van der Waals surface area contributed by atoms with Crippen LogP contribution in [0.15, 0.2) is 12.4 Å². The molecule has 5 nitrogen and oxygen atoms in total. The Balaban J connectivity index is 2.27. The van der Waals surface area contributed by atoms with Gasteiger partial charge in [-0.25, -0.2) is 4.98 Å². The van der Waals surface area contributed by atoms with Gasteiger partial charge in [-0.3, -0.25) is 9.67 Å². The van der Waals surface area contributed by atoms with E-state index in [-0.39, 0.29) is 0 Å². The highest BCUT2D eigenvalue weighted by Crippen LogP contribution is 2.12. The van der Waals surface area contributed by atoms with E-state index in [9.17, 15) is 0 Å². The number of nitrogen functional groups attached to an aromatic ring is 1. The second kappa shape index (κ2) is 3.92. The third-order valence-electron chi connectivity index (χ3n) is 2.78. The summed E-state index contributed by atoms with van der Waals surface area (Å²) < 4.78 is 1.94. The first-order valence-electron chi connectivity index (χ1n) is 5.15. The number of nitrogens with two attached hydrogens (primary N) is 1. The Bertz CT molecular complexity index is 498. The third kappa shape index (κ3) is 1.88. The standard InChI is InChI=1S/C11H15N5/c1-7-8(2)15-16(9(7)3)6-10-4-14-11(12)5-13-10/h4-5H,6H2,1-3H3,(H2,12,14). The Morgan fingerprint density at radius 2 is 1.94 bits per heavy atom. The zero-order valence-corrected chi connectivity index (χ0v) is 9.73. The number of rotatable bonds is 2. The first-order valence-corrected chi connectivity index (χ1v) is 5.15. The van der Waals surface area contributed by atoms with E-state index in [1.54, 1.807) is 12.4 Å². The predicted octanol–water partition coefficient (Wildman–Crippen LogP) is 1.23. The molecule has 0 fully saturated rings. The van der Waals surface area contributed by atoms with Crippen LogP contribution in [0, 0.1) is 20.8 Å². The van der Waals surface area contributed by atoms with Gasteiger partial charge < -0.3 is 5.73 Å². The quantitative estimate of drug-likeness (QED) is 0.821. The summed E-state index contributed by atoms with van der Waals surface area (Å²) in [6.07, 6.45) is 3.25. The first kappa shape index (κ1) is 10.6. The van der Waals surface area contributed by atoms with Crippen LogP contribution in [0.2, 0.25) is 0 Å². The van der Waals surface area contributed by atoms with Crippen molar-refractivity contribution in [2.45, 2.75) is 27.3 Å². The molecular formula is C11H15N5. The van der Waals surface area contributed by atoms with Crippen molar-refractivity contribution in [3.05, 3.63) is 35.0 Å². The summed E-state index contributed by atoms with van der Waals surface area (Å²) in [6.45, 7) is 6.77. The van der Waals surface area contributed by atoms with Gasteiger partial charge in [0, 0.05) is 5.69 Å². The van der Waals surface area contributed by atoms with Crippen LogP contribution in [0.4, 0.5) is 5.82 Å². The number of anilines is 1. The first-order chi connectivity index (χ1) is 7.58. The number of hydrogen-bond acceptors (Lipinski definition) is 4. The van der Waals surface area contributed by atoms with E-state index in [0.717, 1.165) is 17.1 Å². The van der Waals surface area contributed by atoms with Gasteiger partial charge in [-0.15, -0.1) is 0 Å². The Morgan fingerprint density at radius 3 is 2.44 bits per heavy atom. The molecule has 16 heavy (non-hydrogen) atoms. The summed E-state index contributed by atoms with van der Waals surface area (Å²) in [6, 6.07) is 0. The Hall–Kier alpha value is -1.91. The summed E-state index contributed by atoms with van der Waals surface area (Å²) in [4.78, 5) is 8.21. The van der Waals surface area contributed by atoms with Gasteiger partial charge in [-0.2, -0.15) is 5.10 Å². The summed E-state index contributed by atoms with van der Waals surface area (Å²) in [5.41, 5.74) is 9.79. The summed E-state index contributed by atoms with van der Waals surface area (Å²) in [5.74, 6) is 0.438. The van der Waals surface area contributed by atoms with Crippen molar-refractivity contribution in [1.29, 1.82) is 0 Å². The van der Waals surface area contributed by atoms with Gasteiger partial charge in [-0.1, -0.05) is 0 Å². The topological polar surface area (TPSA) is 69.6 Å². The van der Waals surface area contributed by atoms with Crippen molar-refractivity contribution >= 4 is 5.82 Å². The van der Waals surface area contributed by atoms with Gasteiger partial charge in [0.15, 0.2) is 0 Å². The molecule has 0 aromatic carbocycles. The van der Waals surface area contributed by atoms with Crippen LogP contribution >= 0.6 is 0 Å². The summed E-state index contributed by atoms with van der Waals surface area (Å²) >= 11 is 0. The lowest BCUT2D eigenvalue weighted by molar-refractivity contribution is 0.644. The minimum Gasteiger partial charge on any atom is -0.382 e. The highest BCUT2D eigenvalue weighted by Gasteiger charge is 2.07. The van der Waals surface area contributed by atoms with Crippen LogP contribution in [0.1, 0.15) is 22.6 Å². The van der Waals surface area contributed by atoms with Gasteiger partial charge in [0.25, 0.3) is 0 Å². The van der Waals surface area contributed by atoms with Crippen LogP contribution in [0.5, 0.6) is 0 Å². The highest BCUT2D eigenvalue weighted by molar-refractivity contribution is 5.24. The van der Waals surface area contributed by atoms with Crippen molar-refractivity contribution in [1.82, 2.24) is 19.7 Å². The molecule has 0 aliphatic heterocycles. The Morgan fingerprint density at radius 1 is 1.19 bits per heavy atom. The molecule has 2 N–H and O–H groups in total. The number of aryl methyl sites for hydroxylation is 1. The number of hydrogen-bond donors (Lipinski definition) is 1. The van der Waals surface area contributed by atoms with E-state index in [1.165, 1.54) is 5.56 Å². The molecule has 0 saturated carbocycles. The summed E-state index contributed by atoms with van der Waals surface area (Å²) in [5, 5.41) is 4.45. The highest BCUT2D eigenvalue weighted by atomic mass is 15.3. The molecule has 5 heteroatoms. The smallest absolute Gasteiger partial charge is 0.141 e. The molecule has 0 unspecified atom stereocenters. The van der Waals surface area contributed by atoms with Gasteiger partial charge in [0.1, 0.15) is 5.82 Å². The molecule has 84 valence electrons. The normalized spacial score (nSPS) is 10.7. The average Bonchev–Trinajstić information content (AvgIpc) is 2.50. The lowest BCUT2D eigenvalue weighted by atomic mass is 10.2. The van der Waals surface area contributed by atoms with Crippen LogP contribution in [-0.4, -0.2) is 19.7 Å². The molecule has 0 aliphatic rings. The van der Waals surface area contributed by atoms with E-state index in [0.29, 0.717) is 12.4 Å². The predicted molar refractivity (Wildman–Crippen MR) is 62.0 cm³/mol. The second-order valence-corrected chi connectivity index (χ2v) is 3.89. The van der Waals surface area contributed by atoms with Gasteiger partial charge in [-0.05, 0) is 26.3 Å². The van der Waals surface area contributed by atoms with Crippen molar-refractivity contribution in [2.75, 3.05) is 5.73 Å². The van der Waals surface area contributed by atoms with Crippen LogP contribution in [0.25, 0.3) is 0 Å². The van der Waals surface area contributed by atoms with Crippen molar-refractivity contribution in [3.8, 4) is 0 Å². The Labute approximate surface area is 94.3 Å². The maximum Gasteiger partial charge on any atom is 0.141 e. The fourth-order valence-corrected chi connectivity index (χ4v) is 1.54. The van der Waals surface area contributed by atoms with E-state index < -0.39 is 0 Å². The zero-order valence-electron chi connectivity index (χ0n) is 9.73. The molecule has 0 spiro atoms. The monoisotopic (exact) mass is 217 g/mol. The molecule has 0 atom stereocenters. The largest absolute Gasteiger partial charge is 0.382 e. The van der Waals surface area contributed by atoms with Gasteiger partial charge >= 0.3 is 0 Å². The fraction of sp³-hybridized carbons (Fsp3) is 0.364. The maximum atomic E-state index is 5.48. The fourth-order valence-electron chi connectivity index (χ4n) is 1.54. The average molecular weight is 217 g/mol. The number of aromatic nitrogens is 4. The molecule has 0 amide bonds. The van der Waals surface area contributed by atoms with Crippen LogP contribution in [-0.2, 0) is 6.54 Å². The van der Waals surface area contributed by atoms with Crippen molar-refractivity contribution in [3.63, 3.8) is 0 Å². The zero-order chi connectivity index (χ0) is 11.7. The van der Waals surface area contributed by atoms with E-state index in [2.05, 4.69) is 28.9 Å². The molecular weight excluding hydrogens is 202 g/mol. The molecule has 2 rings (SSSR count). The van der Waals surface area contributed by atoms with Gasteiger partial charge in [0.2, 0.25) is 0 Å². The van der Waals surface area contributed by atoms with Crippen molar-refractivity contribution < 1.29 is 0 Å². The molecule has 0 bridgehead atoms. The third-order valence-corrected chi connectivity index (χ3v) is 2.78. The van der Waals surface area contributed by atoms with E-state index >= 15 is 0 Å². The number of nitrogens with zero attached hydrogens (tertiary/aromatic N) is 4. The van der Waals surface area contributed by atoms with Crippen molar-refractivity contribution in [2.24, 2.45) is 0 Å². The summed E-state index contributed by atoms with van der Waals surface area (Å²) in [7, 11) is 0. The lowest BCUT2D eigenvalue weighted by Crippen LogP contribution is -2.06. The SMILES string of the molecule is Cc1nn(Cc2cnc(N)cn2)c(C)c1C. The van der Waals surface area contributed by atoms with E-state index in [1.807, 2.05) is 11.6 Å². The van der Waals surface area contributed by atoms with Crippen LogP contribution < -0.4 is 5.73 Å². The Kier molecular flexibility index (Phi) is 2.60. The molecule has 0 radical (unpaired) electrons. The molecule has 0 saturated heterocycles. The minimum absolute atomic E-state index is 0.438. The van der Waals surface area contributed by atoms with Crippen LogP contribution in [0.3, 0.4) is 0 Å².